The number of rotatable bonds is 2. The van der Waals surface area contributed by atoms with Crippen molar-refractivity contribution in [2.24, 2.45) is 0 Å². The van der Waals surface area contributed by atoms with E-state index in [4.69, 9.17) is 34.8 Å². The van der Waals surface area contributed by atoms with Crippen LogP contribution >= 0.6 is 34.8 Å². The average Bonchev–Trinajstić information content (AvgIpc) is 2.42. The van der Waals surface area contributed by atoms with Crippen molar-refractivity contribution in [1.29, 1.82) is 0 Å². The molecule has 2 aromatic rings. The lowest BCUT2D eigenvalue weighted by molar-refractivity contribution is 0.224. The highest BCUT2D eigenvalue weighted by molar-refractivity contribution is 6.61. The number of ether oxygens (including phenoxy) is 2. The van der Waals surface area contributed by atoms with Crippen molar-refractivity contribution < 1.29 is 19.1 Å². The van der Waals surface area contributed by atoms with Gasteiger partial charge in [-0.05, 0) is 36.4 Å². The van der Waals surface area contributed by atoms with Gasteiger partial charge in [0.25, 0.3) is 0 Å². The van der Waals surface area contributed by atoms with Gasteiger partial charge in [-0.3, -0.25) is 0 Å². The van der Waals surface area contributed by atoms with Crippen LogP contribution in [0.5, 0.6) is 11.5 Å². The molecule has 7 heteroatoms. The van der Waals surface area contributed by atoms with Gasteiger partial charge < -0.3 is 9.47 Å². The molecule has 21 heavy (non-hydrogen) atoms. The normalized spacial score (nSPS) is 9.10. The maximum absolute atomic E-state index is 10.2. The number of hydrogen-bond donors (Lipinski definition) is 0. The van der Waals surface area contributed by atoms with E-state index in [1.165, 1.54) is 0 Å². The molecule has 0 aliphatic rings. The second-order valence-corrected chi connectivity index (χ2v) is 4.50. The molecule has 0 N–H and O–H groups in total. The zero-order valence-electron chi connectivity index (χ0n) is 10.5. The molecule has 0 saturated heterocycles. The van der Waals surface area contributed by atoms with E-state index in [1.54, 1.807) is 48.5 Å². The van der Waals surface area contributed by atoms with Crippen molar-refractivity contribution in [2.45, 2.75) is 0 Å². The fourth-order valence-electron chi connectivity index (χ4n) is 1.18. The third-order valence-electron chi connectivity index (χ3n) is 1.95. The molecule has 0 aliphatic heterocycles. The van der Waals surface area contributed by atoms with E-state index in [-0.39, 0.29) is 0 Å². The highest BCUT2D eigenvalue weighted by atomic mass is 35.5. The minimum atomic E-state index is -0.854. The first-order valence-electron chi connectivity index (χ1n) is 5.52. The third-order valence-corrected chi connectivity index (χ3v) is 2.36. The lowest BCUT2D eigenvalue weighted by Gasteiger charge is -1.97. The lowest BCUT2D eigenvalue weighted by atomic mass is 10.3. The van der Waals surface area contributed by atoms with Crippen LogP contribution in [0.25, 0.3) is 0 Å². The maximum atomic E-state index is 10.2. The van der Waals surface area contributed by atoms with Gasteiger partial charge in [-0.2, -0.15) is 0 Å². The van der Waals surface area contributed by atoms with Gasteiger partial charge in [0.05, 0.1) is 0 Å². The number of carbonyl (C=O) groups excluding carboxylic acids is 2. The Bertz CT molecular complexity index is 585. The van der Waals surface area contributed by atoms with Gasteiger partial charge in [-0.1, -0.05) is 29.8 Å². The molecule has 4 nitrogen and oxygen atoms in total. The molecule has 0 amide bonds. The quantitative estimate of drug-likeness (QED) is 0.673. The predicted octanol–water partition coefficient (Wildman–Crippen LogP) is 5.50. The molecule has 0 aliphatic carbocycles. The fourth-order valence-corrected chi connectivity index (χ4v) is 1.48. The highest BCUT2D eigenvalue weighted by Gasteiger charge is 1.98. The average molecular weight is 348 g/mol. The molecular weight excluding hydrogens is 339 g/mol. The van der Waals surface area contributed by atoms with E-state index in [2.05, 4.69) is 9.47 Å². The van der Waals surface area contributed by atoms with Crippen LogP contribution in [0.15, 0.2) is 54.6 Å². The van der Waals surface area contributed by atoms with Crippen LogP contribution in [-0.4, -0.2) is 10.9 Å². The summed E-state index contributed by atoms with van der Waals surface area (Å²) in [5.41, 5.74) is -1.67. The highest BCUT2D eigenvalue weighted by Crippen LogP contribution is 2.16. The Morgan fingerprint density at radius 3 is 1.57 bits per heavy atom. The fraction of sp³-hybridized carbons (Fsp3) is 0. The summed E-state index contributed by atoms with van der Waals surface area (Å²) in [5.74, 6) is 0.844. The SMILES string of the molecule is O=C(Cl)Oc1ccc(Cl)cc1.O=C(Cl)Oc1ccccc1. The van der Waals surface area contributed by atoms with Crippen molar-refractivity contribution in [3.63, 3.8) is 0 Å². The van der Waals surface area contributed by atoms with Crippen molar-refractivity contribution >= 4 is 45.7 Å². The number of benzene rings is 2. The molecule has 0 spiro atoms. The standard InChI is InChI=1S/C7H4Cl2O2.C7H5ClO2/c8-5-1-3-6(4-2-5)11-7(9)10;8-7(9)10-6-4-2-1-3-5-6/h1-4H;1-5H. The van der Waals surface area contributed by atoms with Gasteiger partial charge in [0.1, 0.15) is 11.5 Å². The molecule has 0 fully saturated rings. The molecule has 0 unspecified atom stereocenters. The van der Waals surface area contributed by atoms with E-state index in [0.29, 0.717) is 16.5 Å². The van der Waals surface area contributed by atoms with Crippen LogP contribution in [0.1, 0.15) is 0 Å². The summed E-state index contributed by atoms with van der Waals surface area (Å²) in [7, 11) is 0. The largest absolute Gasteiger partial charge is 0.415 e. The van der Waals surface area contributed by atoms with Gasteiger partial charge >= 0.3 is 10.9 Å². The molecule has 2 aromatic carbocycles. The van der Waals surface area contributed by atoms with Crippen LogP contribution in [0.3, 0.4) is 0 Å². The summed E-state index contributed by atoms with van der Waals surface area (Å²) in [5, 5.41) is 0.583. The Balaban J connectivity index is 0.000000211. The number of hydrogen-bond acceptors (Lipinski definition) is 4. The zero-order chi connectivity index (χ0) is 15.7. The third kappa shape index (κ3) is 8.19. The monoisotopic (exact) mass is 346 g/mol. The van der Waals surface area contributed by atoms with Crippen LogP contribution < -0.4 is 9.47 Å². The van der Waals surface area contributed by atoms with Gasteiger partial charge in [-0.15, -0.1) is 0 Å². The summed E-state index contributed by atoms with van der Waals surface area (Å²) >= 11 is 15.5. The van der Waals surface area contributed by atoms with Crippen molar-refractivity contribution in [3.8, 4) is 11.5 Å². The first-order chi connectivity index (χ1) is 9.97. The number of para-hydroxylation sites is 1. The first kappa shape index (κ1) is 17.3. The van der Waals surface area contributed by atoms with E-state index in [0.717, 1.165) is 0 Å². The van der Waals surface area contributed by atoms with Crippen LogP contribution in [-0.2, 0) is 0 Å². The van der Waals surface area contributed by atoms with Crippen molar-refractivity contribution in [3.05, 3.63) is 59.6 Å². The van der Waals surface area contributed by atoms with Crippen LogP contribution in [0.4, 0.5) is 9.59 Å². The molecular formula is C14H9Cl3O4. The molecule has 0 bridgehead atoms. The molecule has 0 atom stereocenters. The molecule has 0 heterocycles. The second kappa shape index (κ2) is 9.23. The smallest absolute Gasteiger partial charge is 0.409 e. The van der Waals surface area contributed by atoms with Crippen molar-refractivity contribution in [1.82, 2.24) is 0 Å². The van der Waals surface area contributed by atoms with Gasteiger partial charge in [0.2, 0.25) is 0 Å². The Hall–Kier alpha value is -1.75. The van der Waals surface area contributed by atoms with E-state index in [9.17, 15) is 9.59 Å². The minimum absolute atomic E-state index is 0.384. The van der Waals surface area contributed by atoms with Gasteiger partial charge in [0.15, 0.2) is 0 Å². The number of halogens is 3. The Kier molecular flexibility index (Phi) is 7.61. The Morgan fingerprint density at radius 1 is 0.714 bits per heavy atom. The van der Waals surface area contributed by atoms with E-state index < -0.39 is 10.9 Å². The second-order valence-electron chi connectivity index (χ2n) is 3.45. The van der Waals surface area contributed by atoms with Crippen LogP contribution in [0, 0.1) is 0 Å². The minimum Gasteiger partial charge on any atom is -0.415 e. The molecule has 0 radical (unpaired) electrons. The van der Waals surface area contributed by atoms with Crippen molar-refractivity contribution in [2.75, 3.05) is 0 Å². The molecule has 110 valence electrons. The summed E-state index contributed by atoms with van der Waals surface area (Å²) in [6.45, 7) is 0. The zero-order valence-corrected chi connectivity index (χ0v) is 12.7. The Labute approximate surface area is 136 Å². The predicted molar refractivity (Wildman–Crippen MR) is 81.6 cm³/mol. The summed E-state index contributed by atoms with van der Waals surface area (Å²) < 4.78 is 9.08. The maximum Gasteiger partial charge on any atom is 0.409 e. The summed E-state index contributed by atoms with van der Waals surface area (Å²) in [6.07, 6.45) is 0. The van der Waals surface area contributed by atoms with Gasteiger partial charge in [0, 0.05) is 28.2 Å². The number of carbonyl (C=O) groups is 2. The molecule has 0 aromatic heterocycles. The van der Waals surface area contributed by atoms with E-state index >= 15 is 0 Å². The van der Waals surface area contributed by atoms with Gasteiger partial charge in [-0.25, -0.2) is 9.59 Å². The molecule has 2 rings (SSSR count). The van der Waals surface area contributed by atoms with E-state index in [1.807, 2.05) is 6.07 Å². The summed E-state index contributed by atoms with van der Waals surface area (Å²) in [4.78, 5) is 20.4. The Morgan fingerprint density at radius 2 is 1.14 bits per heavy atom. The van der Waals surface area contributed by atoms with Crippen LogP contribution in [0.2, 0.25) is 5.02 Å². The topological polar surface area (TPSA) is 52.6 Å². The summed E-state index contributed by atoms with van der Waals surface area (Å²) in [6, 6.07) is 15.0. The molecule has 0 saturated carbocycles. The lowest BCUT2D eigenvalue weighted by Crippen LogP contribution is -1.94. The first-order valence-corrected chi connectivity index (χ1v) is 6.66.